The monoisotopic (exact) mass is 213 g/mol. The molecule has 0 unspecified atom stereocenters. The number of nitrogen functional groups attached to an aromatic ring is 1. The highest BCUT2D eigenvalue weighted by molar-refractivity contribution is 5.52. The van der Waals surface area contributed by atoms with Gasteiger partial charge < -0.3 is 15.6 Å². The number of aliphatic hydroxyl groups is 1. The van der Waals surface area contributed by atoms with Crippen molar-refractivity contribution < 1.29 is 14.2 Å². The van der Waals surface area contributed by atoms with E-state index in [1.54, 1.807) is 13.8 Å². The second-order valence-electron chi connectivity index (χ2n) is 4.09. The molecule has 0 atom stereocenters. The minimum Gasteiger partial charge on any atom is -0.491 e. The van der Waals surface area contributed by atoms with Gasteiger partial charge in [0.15, 0.2) is 0 Å². The van der Waals surface area contributed by atoms with Gasteiger partial charge in [0.2, 0.25) is 0 Å². The highest BCUT2D eigenvalue weighted by atomic mass is 19.1. The third-order valence-electron chi connectivity index (χ3n) is 1.94. The SMILES string of the molecule is CC(C)(O)CCOc1ccc(F)cc1N. The van der Waals surface area contributed by atoms with Crippen molar-refractivity contribution in [2.75, 3.05) is 12.3 Å². The molecule has 1 rings (SSSR count). The Morgan fingerprint density at radius 1 is 1.47 bits per heavy atom. The Balaban J connectivity index is 2.51. The molecule has 3 N–H and O–H groups in total. The number of halogens is 1. The molecule has 4 heteroatoms. The molecule has 0 amide bonds. The van der Waals surface area contributed by atoms with Gasteiger partial charge in [-0.3, -0.25) is 0 Å². The summed E-state index contributed by atoms with van der Waals surface area (Å²) in [4.78, 5) is 0. The molecular formula is C11H16FNO2. The molecule has 1 aromatic rings. The Morgan fingerprint density at radius 3 is 2.67 bits per heavy atom. The lowest BCUT2D eigenvalue weighted by molar-refractivity contribution is 0.0554. The minimum atomic E-state index is -0.769. The molecule has 0 aromatic heterocycles. The van der Waals surface area contributed by atoms with E-state index < -0.39 is 5.60 Å². The van der Waals surface area contributed by atoms with Gasteiger partial charge in [-0.05, 0) is 26.0 Å². The summed E-state index contributed by atoms with van der Waals surface area (Å²) in [5.41, 5.74) is 5.04. The summed E-state index contributed by atoms with van der Waals surface area (Å²) >= 11 is 0. The molecule has 0 saturated carbocycles. The van der Waals surface area contributed by atoms with Gasteiger partial charge in [-0.1, -0.05) is 0 Å². The van der Waals surface area contributed by atoms with Crippen molar-refractivity contribution in [3.05, 3.63) is 24.0 Å². The number of ether oxygens (including phenoxy) is 1. The first-order valence-electron chi connectivity index (χ1n) is 4.79. The summed E-state index contributed by atoms with van der Waals surface area (Å²) in [6.07, 6.45) is 0.490. The van der Waals surface area contributed by atoms with Gasteiger partial charge in [0.1, 0.15) is 11.6 Å². The predicted molar refractivity (Wildman–Crippen MR) is 57.2 cm³/mol. The van der Waals surface area contributed by atoms with Crippen LogP contribution in [-0.2, 0) is 0 Å². The molecule has 0 radical (unpaired) electrons. The Kier molecular flexibility index (Phi) is 3.52. The first kappa shape index (κ1) is 11.8. The molecule has 84 valence electrons. The van der Waals surface area contributed by atoms with Crippen LogP contribution in [0.15, 0.2) is 18.2 Å². The second-order valence-corrected chi connectivity index (χ2v) is 4.09. The van der Waals surface area contributed by atoms with Crippen LogP contribution in [0.25, 0.3) is 0 Å². The first-order chi connectivity index (χ1) is 6.88. The fourth-order valence-corrected chi connectivity index (χ4v) is 1.06. The summed E-state index contributed by atoms with van der Waals surface area (Å²) in [7, 11) is 0. The number of anilines is 1. The van der Waals surface area contributed by atoms with Gasteiger partial charge in [0.05, 0.1) is 17.9 Å². The van der Waals surface area contributed by atoms with Gasteiger partial charge in [0.25, 0.3) is 0 Å². The van der Waals surface area contributed by atoms with Crippen LogP contribution >= 0.6 is 0 Å². The lowest BCUT2D eigenvalue weighted by Crippen LogP contribution is -2.21. The molecule has 1 aromatic carbocycles. The van der Waals surface area contributed by atoms with E-state index in [0.29, 0.717) is 18.8 Å². The van der Waals surface area contributed by atoms with Gasteiger partial charge in [-0.25, -0.2) is 4.39 Å². The maximum Gasteiger partial charge on any atom is 0.142 e. The molecular weight excluding hydrogens is 197 g/mol. The molecule has 0 bridgehead atoms. The Morgan fingerprint density at radius 2 is 2.13 bits per heavy atom. The van der Waals surface area contributed by atoms with Crippen molar-refractivity contribution >= 4 is 5.69 Å². The first-order valence-corrected chi connectivity index (χ1v) is 4.79. The molecule has 0 aliphatic carbocycles. The molecule has 0 spiro atoms. The lowest BCUT2D eigenvalue weighted by atomic mass is 10.1. The number of benzene rings is 1. The quantitative estimate of drug-likeness (QED) is 0.751. The van der Waals surface area contributed by atoms with E-state index in [1.807, 2.05) is 0 Å². The maximum atomic E-state index is 12.7. The standard InChI is InChI=1S/C11H16FNO2/c1-11(2,14)5-6-15-10-4-3-8(12)7-9(10)13/h3-4,7,14H,5-6,13H2,1-2H3. The highest BCUT2D eigenvalue weighted by Crippen LogP contribution is 2.22. The van der Waals surface area contributed by atoms with Crippen molar-refractivity contribution in [2.24, 2.45) is 0 Å². The van der Waals surface area contributed by atoms with Crippen LogP contribution in [0.1, 0.15) is 20.3 Å². The van der Waals surface area contributed by atoms with Crippen molar-refractivity contribution in [3.8, 4) is 5.75 Å². The van der Waals surface area contributed by atoms with Crippen molar-refractivity contribution in [1.29, 1.82) is 0 Å². The van der Waals surface area contributed by atoms with Gasteiger partial charge in [-0.2, -0.15) is 0 Å². The predicted octanol–water partition coefficient (Wildman–Crippen LogP) is 1.95. The average Bonchev–Trinajstić information content (AvgIpc) is 2.07. The van der Waals surface area contributed by atoms with Gasteiger partial charge in [0, 0.05) is 12.5 Å². The Labute approximate surface area is 88.7 Å². The van der Waals surface area contributed by atoms with Crippen molar-refractivity contribution in [1.82, 2.24) is 0 Å². The lowest BCUT2D eigenvalue weighted by Gasteiger charge is -2.17. The number of hydrogen-bond donors (Lipinski definition) is 2. The molecule has 0 saturated heterocycles. The molecule has 0 heterocycles. The summed E-state index contributed by atoms with van der Waals surface area (Å²) in [5, 5.41) is 9.44. The third kappa shape index (κ3) is 4.16. The fraction of sp³-hybridized carbons (Fsp3) is 0.455. The van der Waals surface area contributed by atoms with E-state index in [4.69, 9.17) is 10.5 Å². The minimum absolute atomic E-state index is 0.269. The summed E-state index contributed by atoms with van der Waals surface area (Å²) in [5.74, 6) is 0.0583. The van der Waals surface area contributed by atoms with E-state index in [-0.39, 0.29) is 11.5 Å². The van der Waals surface area contributed by atoms with Crippen LogP contribution in [0, 0.1) is 5.82 Å². The molecule has 15 heavy (non-hydrogen) atoms. The van der Waals surface area contributed by atoms with Crippen molar-refractivity contribution in [2.45, 2.75) is 25.9 Å². The van der Waals surface area contributed by atoms with E-state index in [9.17, 15) is 9.50 Å². The average molecular weight is 213 g/mol. The second kappa shape index (κ2) is 4.49. The Hall–Kier alpha value is -1.29. The molecule has 3 nitrogen and oxygen atoms in total. The normalized spacial score (nSPS) is 11.5. The van der Waals surface area contributed by atoms with Gasteiger partial charge in [-0.15, -0.1) is 0 Å². The van der Waals surface area contributed by atoms with E-state index >= 15 is 0 Å². The van der Waals surface area contributed by atoms with Crippen LogP contribution in [-0.4, -0.2) is 17.3 Å². The van der Waals surface area contributed by atoms with Crippen LogP contribution in [0.4, 0.5) is 10.1 Å². The zero-order valence-corrected chi connectivity index (χ0v) is 8.96. The molecule has 0 aliphatic rings. The maximum absolute atomic E-state index is 12.7. The zero-order chi connectivity index (χ0) is 11.5. The largest absolute Gasteiger partial charge is 0.491 e. The van der Waals surface area contributed by atoms with Crippen LogP contribution < -0.4 is 10.5 Å². The van der Waals surface area contributed by atoms with Crippen molar-refractivity contribution in [3.63, 3.8) is 0 Å². The molecule has 0 aliphatic heterocycles. The summed E-state index contributed by atoms with van der Waals surface area (Å²) < 4.78 is 18.0. The van der Waals surface area contributed by atoms with Crippen LogP contribution in [0.2, 0.25) is 0 Å². The van der Waals surface area contributed by atoms with E-state index in [2.05, 4.69) is 0 Å². The third-order valence-corrected chi connectivity index (χ3v) is 1.94. The van der Waals surface area contributed by atoms with E-state index in [0.717, 1.165) is 0 Å². The number of hydrogen-bond acceptors (Lipinski definition) is 3. The fourth-order valence-electron chi connectivity index (χ4n) is 1.06. The van der Waals surface area contributed by atoms with Crippen LogP contribution in [0.5, 0.6) is 5.75 Å². The zero-order valence-electron chi connectivity index (χ0n) is 8.96. The smallest absolute Gasteiger partial charge is 0.142 e. The number of rotatable bonds is 4. The van der Waals surface area contributed by atoms with E-state index in [1.165, 1.54) is 18.2 Å². The summed E-state index contributed by atoms with van der Waals surface area (Å²) in [6, 6.07) is 3.98. The Bertz CT molecular complexity index is 334. The number of nitrogens with two attached hydrogens (primary N) is 1. The topological polar surface area (TPSA) is 55.5 Å². The van der Waals surface area contributed by atoms with Crippen LogP contribution in [0.3, 0.4) is 0 Å². The highest BCUT2D eigenvalue weighted by Gasteiger charge is 2.12. The van der Waals surface area contributed by atoms with Gasteiger partial charge >= 0.3 is 0 Å². The molecule has 0 fully saturated rings. The summed E-state index contributed by atoms with van der Waals surface area (Å²) in [6.45, 7) is 3.74.